The first-order valence-electron chi connectivity index (χ1n) is 13.4. The number of phenolic OH excluding ortho intramolecular Hbond substituents is 3. The number of phenols is 3. The Morgan fingerprint density at radius 1 is 0.814 bits per heavy atom. The molecule has 0 spiro atoms. The van der Waals surface area contributed by atoms with E-state index in [2.05, 4.69) is 0 Å². The highest BCUT2D eigenvalue weighted by Crippen LogP contribution is 2.48. The van der Waals surface area contributed by atoms with Crippen molar-refractivity contribution < 1.29 is 58.6 Å². The highest BCUT2D eigenvalue weighted by Gasteiger charge is 2.45. The van der Waals surface area contributed by atoms with E-state index in [9.17, 15) is 35.7 Å². The first-order valence-corrected chi connectivity index (χ1v) is 13.4. The van der Waals surface area contributed by atoms with Gasteiger partial charge in [0.15, 0.2) is 28.7 Å². The van der Waals surface area contributed by atoms with Gasteiger partial charge in [-0.25, -0.2) is 4.58 Å². The van der Waals surface area contributed by atoms with Crippen molar-refractivity contribution >= 4 is 22.5 Å². The molecule has 224 valence electrons. The van der Waals surface area contributed by atoms with Crippen LogP contribution in [0.15, 0.2) is 69.5 Å². The zero-order valence-electron chi connectivity index (χ0n) is 23.1. The molecule has 0 saturated carbocycles. The molecule has 0 bridgehead atoms. The van der Waals surface area contributed by atoms with Crippen LogP contribution >= 0.6 is 0 Å². The third-order valence-electron chi connectivity index (χ3n) is 7.47. The van der Waals surface area contributed by atoms with Crippen LogP contribution in [0.2, 0.25) is 0 Å². The Labute approximate surface area is 244 Å². The summed E-state index contributed by atoms with van der Waals surface area (Å²) in [5, 5.41) is 71.9. The van der Waals surface area contributed by atoms with Gasteiger partial charge >= 0.3 is 0 Å². The molecule has 3 aliphatic heterocycles. The predicted molar refractivity (Wildman–Crippen MR) is 153 cm³/mol. The molecule has 12 nitrogen and oxygen atoms in total. The van der Waals surface area contributed by atoms with Gasteiger partial charge in [-0.05, 0) is 36.4 Å². The molecule has 3 heterocycles. The minimum Gasteiger partial charge on any atom is -0.508 e. The normalized spacial score (nSPS) is 23.8. The van der Waals surface area contributed by atoms with Gasteiger partial charge in [-0.15, -0.1) is 0 Å². The van der Waals surface area contributed by atoms with Crippen molar-refractivity contribution in [1.29, 1.82) is 0 Å². The molecule has 43 heavy (non-hydrogen) atoms. The summed E-state index contributed by atoms with van der Waals surface area (Å²) >= 11 is 0. The van der Waals surface area contributed by atoms with E-state index in [1.807, 2.05) is 43.0 Å². The van der Waals surface area contributed by atoms with Crippen LogP contribution in [0.4, 0.5) is 0 Å². The SMILES string of the molecule is C[N+](C)=C1C=CC(=c2cc3c(O[C@@H]4O[C@H](CO)[C@@H](O)[C@H](O)[C@H]4O)c(-c4ccc(O)c(O)c4)oc4cc(O)cc(o2)c4-3)C=C1. The van der Waals surface area contributed by atoms with E-state index < -0.39 is 43.1 Å². The Balaban J connectivity index is 1.64. The third kappa shape index (κ3) is 5.05. The van der Waals surface area contributed by atoms with Gasteiger partial charge in [0.1, 0.15) is 60.8 Å². The molecule has 1 aliphatic carbocycles. The van der Waals surface area contributed by atoms with Crippen molar-refractivity contribution in [1.82, 2.24) is 0 Å². The summed E-state index contributed by atoms with van der Waals surface area (Å²) < 4.78 is 26.2. The van der Waals surface area contributed by atoms with E-state index in [-0.39, 0.29) is 39.7 Å². The molecular weight excluding hydrogens is 562 g/mol. The molecule has 12 heteroatoms. The second kappa shape index (κ2) is 10.9. The lowest BCUT2D eigenvalue weighted by molar-refractivity contribution is -0.462. The quantitative estimate of drug-likeness (QED) is 0.134. The van der Waals surface area contributed by atoms with E-state index in [0.29, 0.717) is 22.1 Å². The lowest BCUT2D eigenvalue weighted by Gasteiger charge is -2.40. The molecule has 0 aromatic heterocycles. The fourth-order valence-electron chi connectivity index (χ4n) is 5.13. The van der Waals surface area contributed by atoms with Crippen molar-refractivity contribution in [2.24, 2.45) is 0 Å². The van der Waals surface area contributed by atoms with Crippen molar-refractivity contribution in [2.75, 3.05) is 20.7 Å². The van der Waals surface area contributed by atoms with Crippen LogP contribution in [0.25, 0.3) is 39.2 Å². The second-order valence-corrected chi connectivity index (χ2v) is 10.6. The van der Waals surface area contributed by atoms with E-state index in [4.69, 9.17) is 18.3 Å². The molecule has 0 amide bonds. The topological polar surface area (TPSA) is 189 Å². The van der Waals surface area contributed by atoms with Gasteiger partial charge in [0.05, 0.1) is 12.2 Å². The van der Waals surface area contributed by atoms with Crippen molar-refractivity contribution in [3.63, 3.8) is 0 Å². The van der Waals surface area contributed by atoms with E-state index >= 15 is 0 Å². The Kier molecular flexibility index (Phi) is 7.24. The largest absolute Gasteiger partial charge is 0.508 e. The molecule has 0 unspecified atom stereocenters. The van der Waals surface area contributed by atoms with Crippen LogP contribution in [0.3, 0.4) is 0 Å². The van der Waals surface area contributed by atoms with Gasteiger partial charge in [-0.3, -0.25) is 0 Å². The Bertz CT molecular complexity index is 1820. The number of aromatic hydroxyl groups is 3. The van der Waals surface area contributed by atoms with Gasteiger partial charge in [0.25, 0.3) is 0 Å². The summed E-state index contributed by atoms with van der Waals surface area (Å²) in [5.74, 6) is -0.980. The monoisotopic (exact) mass is 592 g/mol. The summed E-state index contributed by atoms with van der Waals surface area (Å²) in [4.78, 5) is 0. The van der Waals surface area contributed by atoms with Gasteiger partial charge in [0.2, 0.25) is 6.29 Å². The van der Waals surface area contributed by atoms with Crippen LogP contribution < -0.4 is 10.2 Å². The standard InChI is InChI=1S/C31H29NO11/c1-32(2)16-6-3-14(4-7-16)21-12-18-25-22(40-21)10-17(34)11-23(25)41-29(15-5-8-19(35)20(36)9-15)30(18)43-31-28(39)27(38)26(37)24(13-33)42-31/h3-12,24,26-28,31,33,37-39H,13H2,1-2H3,(H2,34,35,36)/p+1/t24-,26-,27+,28-,31+/m1/s1. The Morgan fingerprint density at radius 3 is 2.16 bits per heavy atom. The number of hydrogen-bond donors (Lipinski definition) is 7. The maximum Gasteiger partial charge on any atom is 0.229 e. The van der Waals surface area contributed by atoms with Crippen molar-refractivity contribution in [2.45, 2.75) is 30.7 Å². The molecule has 2 aromatic carbocycles. The lowest BCUT2D eigenvalue weighted by atomic mass is 9.97. The predicted octanol–water partition coefficient (Wildman–Crippen LogP) is 1.36. The summed E-state index contributed by atoms with van der Waals surface area (Å²) in [7, 11) is 3.83. The van der Waals surface area contributed by atoms with E-state index in [0.717, 1.165) is 5.71 Å². The van der Waals surface area contributed by atoms with Crippen LogP contribution in [0.5, 0.6) is 23.0 Å². The molecule has 7 N–H and O–H groups in total. The smallest absolute Gasteiger partial charge is 0.229 e. The first kappa shape index (κ1) is 28.5. The van der Waals surface area contributed by atoms with Crippen molar-refractivity contribution in [3.05, 3.63) is 66.1 Å². The number of nitrogens with zero attached hydrogens (tertiary/aromatic N) is 1. The molecule has 0 radical (unpaired) electrons. The average Bonchev–Trinajstić information content (AvgIpc) is 2.99. The van der Waals surface area contributed by atoms with Crippen LogP contribution in [-0.2, 0) is 4.74 Å². The van der Waals surface area contributed by atoms with Gasteiger partial charge < -0.3 is 54.1 Å². The summed E-state index contributed by atoms with van der Waals surface area (Å²) in [5.41, 5.74) is 3.49. The van der Waals surface area contributed by atoms with Gasteiger partial charge in [-0.2, -0.15) is 0 Å². The fraction of sp³-hybridized carbons (Fsp3) is 0.258. The number of aliphatic hydroxyl groups is 4. The van der Waals surface area contributed by atoms with E-state index in [1.54, 1.807) is 6.07 Å². The number of hydrogen-bond acceptors (Lipinski definition) is 11. The van der Waals surface area contributed by atoms with Gasteiger partial charge in [-0.1, -0.05) is 0 Å². The summed E-state index contributed by atoms with van der Waals surface area (Å²) in [6, 6.07) is 8.40. The maximum atomic E-state index is 10.8. The number of rotatable bonds is 4. The lowest BCUT2D eigenvalue weighted by Crippen LogP contribution is -2.60. The molecule has 6 rings (SSSR count). The molecule has 4 aliphatic rings. The van der Waals surface area contributed by atoms with E-state index in [1.165, 1.54) is 30.3 Å². The number of allylic oxidation sites excluding steroid dienone is 4. The maximum absolute atomic E-state index is 10.8. The molecule has 1 fully saturated rings. The Hall–Kier alpha value is -4.59. The number of aliphatic hydroxyl groups excluding tert-OH is 4. The second-order valence-electron chi connectivity index (χ2n) is 10.6. The zero-order chi connectivity index (χ0) is 30.6. The highest BCUT2D eigenvalue weighted by atomic mass is 16.7. The molecular formula is C31H30NO11+. The fourth-order valence-corrected chi connectivity index (χ4v) is 5.13. The van der Waals surface area contributed by atoms with Gasteiger partial charge in [0, 0.05) is 41.0 Å². The highest BCUT2D eigenvalue weighted by molar-refractivity contribution is 6.05. The van der Waals surface area contributed by atoms with Crippen LogP contribution in [0.1, 0.15) is 0 Å². The molecule has 5 atom stereocenters. The minimum atomic E-state index is -1.73. The zero-order valence-corrected chi connectivity index (χ0v) is 23.1. The summed E-state index contributed by atoms with van der Waals surface area (Å²) in [6.07, 6.45) is -0.336. The summed E-state index contributed by atoms with van der Waals surface area (Å²) in [6.45, 7) is -0.664. The van der Waals surface area contributed by atoms with Crippen LogP contribution in [-0.4, -0.2) is 97.4 Å². The molecule has 1 saturated heterocycles. The average molecular weight is 593 g/mol. The first-order chi connectivity index (χ1) is 20.5. The van der Waals surface area contributed by atoms with Crippen molar-refractivity contribution in [3.8, 4) is 45.4 Å². The van der Waals surface area contributed by atoms with Crippen LogP contribution in [0, 0.1) is 0 Å². The molecule has 2 aromatic rings. The Morgan fingerprint density at radius 2 is 1.51 bits per heavy atom. The number of benzene rings is 2. The minimum absolute atomic E-state index is 0.00626. The third-order valence-corrected chi connectivity index (χ3v) is 7.47. The number of ether oxygens (including phenoxy) is 2.